The standard InChI is InChI=1S/C15H19NO4/c1-19-14(17)13(15(18)20-2)12-9-16(10-12)8-11-6-4-3-5-7-11/h3-7,12-13H,8-10H2,1-2H3. The Morgan fingerprint density at radius 3 is 2.20 bits per heavy atom. The van der Waals surface area contributed by atoms with E-state index in [0.29, 0.717) is 13.1 Å². The Morgan fingerprint density at radius 1 is 1.15 bits per heavy atom. The fraction of sp³-hybridized carbons (Fsp3) is 0.467. The number of esters is 2. The van der Waals surface area contributed by atoms with Gasteiger partial charge in [-0.1, -0.05) is 30.3 Å². The van der Waals surface area contributed by atoms with Gasteiger partial charge >= 0.3 is 11.9 Å². The molecular weight excluding hydrogens is 258 g/mol. The summed E-state index contributed by atoms with van der Waals surface area (Å²) in [4.78, 5) is 25.5. The number of carbonyl (C=O) groups excluding carboxylic acids is 2. The van der Waals surface area contributed by atoms with Gasteiger partial charge in [0.05, 0.1) is 14.2 Å². The summed E-state index contributed by atoms with van der Waals surface area (Å²) in [6, 6.07) is 10.1. The largest absolute Gasteiger partial charge is 0.468 e. The number of rotatable bonds is 5. The van der Waals surface area contributed by atoms with Gasteiger partial charge in [-0.15, -0.1) is 0 Å². The van der Waals surface area contributed by atoms with Crippen LogP contribution in [-0.4, -0.2) is 44.1 Å². The average molecular weight is 277 g/mol. The lowest BCUT2D eigenvalue weighted by Crippen LogP contribution is -2.53. The molecule has 0 radical (unpaired) electrons. The van der Waals surface area contributed by atoms with Crippen LogP contribution in [0.5, 0.6) is 0 Å². The van der Waals surface area contributed by atoms with E-state index in [-0.39, 0.29) is 5.92 Å². The number of likely N-dealkylation sites (tertiary alicyclic amines) is 1. The van der Waals surface area contributed by atoms with Gasteiger partial charge in [-0.2, -0.15) is 0 Å². The summed E-state index contributed by atoms with van der Waals surface area (Å²) in [6.07, 6.45) is 0. The number of methoxy groups -OCH3 is 2. The minimum Gasteiger partial charge on any atom is -0.468 e. The highest BCUT2D eigenvalue weighted by Crippen LogP contribution is 2.27. The van der Waals surface area contributed by atoms with Crippen molar-refractivity contribution in [2.24, 2.45) is 11.8 Å². The van der Waals surface area contributed by atoms with Crippen molar-refractivity contribution in [3.8, 4) is 0 Å². The number of benzene rings is 1. The van der Waals surface area contributed by atoms with E-state index < -0.39 is 17.9 Å². The molecule has 5 heteroatoms. The minimum absolute atomic E-state index is 0.0291. The number of hydrogen-bond acceptors (Lipinski definition) is 5. The molecule has 1 aliphatic rings. The summed E-state index contributed by atoms with van der Waals surface area (Å²) in [7, 11) is 2.58. The zero-order valence-corrected chi connectivity index (χ0v) is 11.7. The summed E-state index contributed by atoms with van der Waals surface area (Å²) < 4.78 is 9.37. The number of ether oxygens (including phenoxy) is 2. The van der Waals surface area contributed by atoms with Crippen molar-refractivity contribution in [2.45, 2.75) is 6.54 Å². The molecule has 1 aromatic carbocycles. The molecule has 20 heavy (non-hydrogen) atoms. The van der Waals surface area contributed by atoms with Gasteiger partial charge in [0.25, 0.3) is 0 Å². The van der Waals surface area contributed by atoms with Crippen LogP contribution >= 0.6 is 0 Å². The average Bonchev–Trinajstić information content (AvgIpc) is 2.45. The highest BCUT2D eigenvalue weighted by molar-refractivity contribution is 5.95. The van der Waals surface area contributed by atoms with E-state index in [1.165, 1.54) is 19.8 Å². The van der Waals surface area contributed by atoms with Crippen molar-refractivity contribution >= 4 is 11.9 Å². The Labute approximate surface area is 118 Å². The molecule has 5 nitrogen and oxygen atoms in total. The zero-order valence-electron chi connectivity index (χ0n) is 11.7. The van der Waals surface area contributed by atoms with Crippen molar-refractivity contribution in [3.05, 3.63) is 35.9 Å². The van der Waals surface area contributed by atoms with Gasteiger partial charge in [-0.25, -0.2) is 0 Å². The topological polar surface area (TPSA) is 55.8 Å². The highest BCUT2D eigenvalue weighted by atomic mass is 16.5. The molecule has 1 saturated heterocycles. The van der Waals surface area contributed by atoms with Crippen LogP contribution < -0.4 is 0 Å². The Morgan fingerprint density at radius 2 is 1.70 bits per heavy atom. The van der Waals surface area contributed by atoms with Crippen molar-refractivity contribution in [3.63, 3.8) is 0 Å². The van der Waals surface area contributed by atoms with Crippen LogP contribution in [0.15, 0.2) is 30.3 Å². The SMILES string of the molecule is COC(=O)C(C(=O)OC)C1CN(Cc2ccccc2)C1. The molecule has 0 spiro atoms. The molecule has 1 aliphatic heterocycles. The lowest BCUT2D eigenvalue weighted by Gasteiger charge is -2.41. The van der Waals surface area contributed by atoms with Crippen molar-refractivity contribution in [1.29, 1.82) is 0 Å². The fourth-order valence-electron chi connectivity index (χ4n) is 2.53. The first-order chi connectivity index (χ1) is 9.65. The maximum atomic E-state index is 11.7. The molecule has 0 amide bonds. The third-order valence-corrected chi connectivity index (χ3v) is 3.62. The highest BCUT2D eigenvalue weighted by Gasteiger charge is 2.43. The first kappa shape index (κ1) is 14.5. The zero-order chi connectivity index (χ0) is 14.5. The van der Waals surface area contributed by atoms with Gasteiger partial charge < -0.3 is 9.47 Å². The molecule has 0 bridgehead atoms. The Balaban J connectivity index is 1.90. The van der Waals surface area contributed by atoms with E-state index in [1.807, 2.05) is 18.2 Å². The summed E-state index contributed by atoms with van der Waals surface area (Å²) in [5, 5.41) is 0. The molecule has 1 aromatic rings. The molecule has 0 unspecified atom stereocenters. The molecule has 0 atom stereocenters. The van der Waals surface area contributed by atoms with Crippen LogP contribution in [0.25, 0.3) is 0 Å². The Kier molecular flexibility index (Phi) is 4.74. The molecule has 1 fully saturated rings. The second-order valence-electron chi connectivity index (χ2n) is 4.96. The summed E-state index contributed by atoms with van der Waals surface area (Å²) in [6.45, 7) is 2.22. The molecule has 0 aliphatic carbocycles. The van der Waals surface area contributed by atoms with E-state index in [1.54, 1.807) is 0 Å². The van der Waals surface area contributed by atoms with Crippen LogP contribution in [0.2, 0.25) is 0 Å². The van der Waals surface area contributed by atoms with Crippen LogP contribution in [-0.2, 0) is 25.6 Å². The van der Waals surface area contributed by atoms with E-state index in [9.17, 15) is 9.59 Å². The number of carbonyl (C=O) groups is 2. The minimum atomic E-state index is -0.808. The summed E-state index contributed by atoms with van der Waals surface area (Å²) >= 11 is 0. The van der Waals surface area contributed by atoms with Gasteiger partial charge in [0, 0.05) is 25.6 Å². The van der Waals surface area contributed by atoms with E-state index in [4.69, 9.17) is 0 Å². The second-order valence-corrected chi connectivity index (χ2v) is 4.96. The molecule has 0 N–H and O–H groups in total. The Hall–Kier alpha value is -1.88. The van der Waals surface area contributed by atoms with Crippen molar-refractivity contribution in [1.82, 2.24) is 4.90 Å². The summed E-state index contributed by atoms with van der Waals surface area (Å²) in [5.41, 5.74) is 1.22. The predicted molar refractivity (Wildman–Crippen MR) is 72.7 cm³/mol. The maximum Gasteiger partial charge on any atom is 0.320 e. The monoisotopic (exact) mass is 277 g/mol. The van der Waals surface area contributed by atoms with Crippen LogP contribution in [0.3, 0.4) is 0 Å². The maximum absolute atomic E-state index is 11.7. The van der Waals surface area contributed by atoms with Gasteiger partial charge in [-0.3, -0.25) is 14.5 Å². The first-order valence-corrected chi connectivity index (χ1v) is 6.57. The summed E-state index contributed by atoms with van der Waals surface area (Å²) in [5.74, 6) is -1.86. The Bertz CT molecular complexity index is 452. The molecular formula is C15H19NO4. The van der Waals surface area contributed by atoms with Gasteiger partial charge in [0.2, 0.25) is 0 Å². The number of hydrogen-bond donors (Lipinski definition) is 0. The van der Waals surface area contributed by atoms with E-state index >= 15 is 0 Å². The smallest absolute Gasteiger partial charge is 0.320 e. The fourth-order valence-corrected chi connectivity index (χ4v) is 2.53. The number of nitrogens with zero attached hydrogens (tertiary/aromatic N) is 1. The molecule has 108 valence electrons. The van der Waals surface area contributed by atoms with Gasteiger partial charge in [0.15, 0.2) is 5.92 Å². The second kappa shape index (κ2) is 6.52. The van der Waals surface area contributed by atoms with Crippen molar-refractivity contribution < 1.29 is 19.1 Å². The van der Waals surface area contributed by atoms with E-state index in [0.717, 1.165) is 6.54 Å². The van der Waals surface area contributed by atoms with Gasteiger partial charge in [-0.05, 0) is 5.56 Å². The van der Waals surface area contributed by atoms with Crippen LogP contribution in [0, 0.1) is 11.8 Å². The molecule has 0 aromatic heterocycles. The van der Waals surface area contributed by atoms with Crippen LogP contribution in [0.4, 0.5) is 0 Å². The molecule has 1 heterocycles. The molecule has 0 saturated carbocycles. The predicted octanol–water partition coefficient (Wildman–Crippen LogP) is 1.08. The lowest BCUT2D eigenvalue weighted by molar-refractivity contribution is -0.165. The quantitative estimate of drug-likeness (QED) is 0.595. The third-order valence-electron chi connectivity index (χ3n) is 3.62. The third kappa shape index (κ3) is 3.17. The first-order valence-electron chi connectivity index (χ1n) is 6.57. The van der Waals surface area contributed by atoms with Crippen molar-refractivity contribution in [2.75, 3.05) is 27.3 Å². The van der Waals surface area contributed by atoms with E-state index in [2.05, 4.69) is 26.5 Å². The van der Waals surface area contributed by atoms with Crippen LogP contribution in [0.1, 0.15) is 5.56 Å². The van der Waals surface area contributed by atoms with Gasteiger partial charge in [0.1, 0.15) is 0 Å². The normalized spacial score (nSPS) is 15.8. The lowest BCUT2D eigenvalue weighted by atomic mass is 9.85. The molecule has 2 rings (SSSR count).